The Morgan fingerprint density at radius 2 is 1.83 bits per heavy atom. The zero-order chi connectivity index (χ0) is 23.6. The van der Waals surface area contributed by atoms with Gasteiger partial charge in [0.25, 0.3) is 6.01 Å². The molecule has 7 rings (SSSR count). The molecule has 0 saturated carbocycles. The van der Waals surface area contributed by atoms with Crippen LogP contribution in [0.2, 0.25) is 5.02 Å². The Balaban J connectivity index is 1.07. The Morgan fingerprint density at radius 1 is 1.06 bits per heavy atom. The highest BCUT2D eigenvalue weighted by molar-refractivity contribution is 6.33. The smallest absolute Gasteiger partial charge is 0.296 e. The number of rotatable bonds is 4. The number of nitrogens with one attached hydrogen (secondary N) is 2. The molecule has 35 heavy (non-hydrogen) atoms. The number of imidazole rings is 1. The SMILES string of the molecule is OC1CO[C@@H]2C(Oc3nc4nc(-c5ccc(N6CC7(CCNCC7)C6)cc5)c(Cl)cc4[nH]3)CO[C@H]12. The predicted molar refractivity (Wildman–Crippen MR) is 131 cm³/mol. The first-order valence-corrected chi connectivity index (χ1v) is 12.7. The van der Waals surface area contributed by atoms with E-state index in [9.17, 15) is 5.11 Å². The average Bonchev–Trinajstić information content (AvgIpc) is 3.54. The molecule has 3 N–H and O–H groups in total. The lowest BCUT2D eigenvalue weighted by molar-refractivity contribution is 0.00706. The van der Waals surface area contributed by atoms with Crippen molar-refractivity contribution < 1.29 is 19.3 Å². The van der Waals surface area contributed by atoms with E-state index < -0.39 is 6.10 Å². The molecule has 0 aliphatic carbocycles. The van der Waals surface area contributed by atoms with Crippen LogP contribution in [-0.2, 0) is 9.47 Å². The highest BCUT2D eigenvalue weighted by Crippen LogP contribution is 2.41. The number of anilines is 1. The van der Waals surface area contributed by atoms with Crippen LogP contribution in [0.15, 0.2) is 30.3 Å². The van der Waals surface area contributed by atoms with Gasteiger partial charge in [-0.15, -0.1) is 0 Å². The number of piperidine rings is 1. The Hall–Kier alpha value is -2.43. The molecule has 0 amide bonds. The monoisotopic (exact) mass is 497 g/mol. The molecular weight excluding hydrogens is 470 g/mol. The molecule has 9 nitrogen and oxygen atoms in total. The van der Waals surface area contributed by atoms with Crippen LogP contribution < -0.4 is 15.0 Å². The third-order valence-electron chi connectivity index (χ3n) is 7.87. The van der Waals surface area contributed by atoms with Crippen molar-refractivity contribution in [3.8, 4) is 17.3 Å². The van der Waals surface area contributed by atoms with Crippen LogP contribution in [0.1, 0.15) is 12.8 Å². The van der Waals surface area contributed by atoms with Crippen LogP contribution in [0.3, 0.4) is 0 Å². The Morgan fingerprint density at radius 3 is 2.63 bits per heavy atom. The van der Waals surface area contributed by atoms with Crippen LogP contribution in [-0.4, -0.2) is 83.9 Å². The summed E-state index contributed by atoms with van der Waals surface area (Å²) in [5, 5.41) is 13.9. The number of H-pyrrole nitrogens is 1. The molecule has 4 fully saturated rings. The number of hydrogen-bond acceptors (Lipinski definition) is 8. The first-order chi connectivity index (χ1) is 17.1. The van der Waals surface area contributed by atoms with Crippen molar-refractivity contribution in [2.45, 2.75) is 37.3 Å². The third kappa shape index (κ3) is 3.77. The number of aliphatic hydroxyl groups is 1. The Labute approximate surface area is 207 Å². The first-order valence-electron chi connectivity index (χ1n) is 12.3. The van der Waals surface area contributed by atoms with E-state index in [1.165, 1.54) is 18.5 Å². The van der Waals surface area contributed by atoms with E-state index in [0.29, 0.717) is 39.9 Å². The number of fused-ring (bicyclic) bond motifs is 2. The van der Waals surface area contributed by atoms with E-state index in [2.05, 4.69) is 44.5 Å². The highest BCUT2D eigenvalue weighted by atomic mass is 35.5. The minimum Gasteiger partial charge on any atom is -0.456 e. The largest absolute Gasteiger partial charge is 0.456 e. The fraction of sp³-hybridized carbons (Fsp3) is 0.520. The second kappa shape index (κ2) is 8.31. The summed E-state index contributed by atoms with van der Waals surface area (Å²) in [5.41, 5.74) is 4.59. The molecule has 6 heterocycles. The van der Waals surface area contributed by atoms with E-state index in [0.717, 1.165) is 31.7 Å². The number of benzene rings is 1. The fourth-order valence-electron chi connectivity index (χ4n) is 5.89. The molecule has 0 bridgehead atoms. The van der Waals surface area contributed by atoms with Crippen LogP contribution in [0.4, 0.5) is 5.69 Å². The summed E-state index contributed by atoms with van der Waals surface area (Å²) in [4.78, 5) is 14.8. The summed E-state index contributed by atoms with van der Waals surface area (Å²) in [6, 6.07) is 10.6. The number of nitrogens with zero attached hydrogens (tertiary/aromatic N) is 3. The maximum absolute atomic E-state index is 9.93. The van der Waals surface area contributed by atoms with Gasteiger partial charge in [0, 0.05) is 29.8 Å². The van der Waals surface area contributed by atoms with Gasteiger partial charge in [-0.1, -0.05) is 23.7 Å². The quantitative estimate of drug-likeness (QED) is 0.504. The fourth-order valence-corrected chi connectivity index (χ4v) is 6.15. The molecule has 1 spiro atoms. The average molecular weight is 498 g/mol. The normalized spacial score (nSPS) is 29.5. The summed E-state index contributed by atoms with van der Waals surface area (Å²) >= 11 is 6.61. The number of pyridine rings is 1. The maximum Gasteiger partial charge on any atom is 0.296 e. The lowest BCUT2D eigenvalue weighted by Gasteiger charge is -2.53. The minimum absolute atomic E-state index is 0.255. The minimum atomic E-state index is -0.620. The van der Waals surface area contributed by atoms with Crippen molar-refractivity contribution >= 4 is 28.5 Å². The van der Waals surface area contributed by atoms with Crippen LogP contribution in [0.5, 0.6) is 6.01 Å². The van der Waals surface area contributed by atoms with Gasteiger partial charge in [0.15, 0.2) is 11.8 Å². The number of ether oxygens (including phenoxy) is 3. The van der Waals surface area contributed by atoms with Crippen molar-refractivity contribution in [3.63, 3.8) is 0 Å². The molecule has 4 saturated heterocycles. The van der Waals surface area contributed by atoms with Gasteiger partial charge in [0.1, 0.15) is 18.3 Å². The summed E-state index contributed by atoms with van der Waals surface area (Å²) < 4.78 is 17.3. The van der Waals surface area contributed by atoms with Gasteiger partial charge in [0.2, 0.25) is 0 Å². The second-order valence-corrected chi connectivity index (χ2v) is 10.6. The molecular formula is C25H28ClN5O4. The molecule has 3 aromatic rings. The Bertz CT molecular complexity index is 1240. The maximum atomic E-state index is 9.93. The number of hydrogen-bond donors (Lipinski definition) is 3. The van der Waals surface area contributed by atoms with Gasteiger partial charge in [-0.05, 0) is 44.1 Å². The van der Waals surface area contributed by atoms with E-state index in [4.69, 9.17) is 30.8 Å². The standard InChI is InChI=1S/C25H28ClN5O4/c26-16-9-17-23(30-24(28-17)35-19-11-34-21-18(32)10-33-22(19)21)29-20(16)14-1-3-15(4-2-14)31-12-25(13-31)5-7-27-8-6-25/h1-4,9,18-19,21-22,27,32H,5-8,10-13H2,(H,28,29,30)/t18?,19?,21-,22-/m1/s1. The van der Waals surface area contributed by atoms with Gasteiger partial charge in [-0.3, -0.25) is 0 Å². The van der Waals surface area contributed by atoms with Crippen molar-refractivity contribution in [3.05, 3.63) is 35.4 Å². The van der Waals surface area contributed by atoms with Gasteiger partial charge in [0.05, 0.1) is 29.4 Å². The molecule has 1 aromatic carbocycles. The lowest BCUT2D eigenvalue weighted by atomic mass is 9.72. The summed E-state index contributed by atoms with van der Waals surface area (Å²) in [6.07, 6.45) is 0.907. The summed E-state index contributed by atoms with van der Waals surface area (Å²) in [7, 11) is 0. The van der Waals surface area contributed by atoms with Crippen molar-refractivity contribution in [1.29, 1.82) is 0 Å². The van der Waals surface area contributed by atoms with E-state index in [1.54, 1.807) is 0 Å². The predicted octanol–water partition coefficient (Wildman–Crippen LogP) is 2.37. The summed E-state index contributed by atoms with van der Waals surface area (Å²) in [6.45, 7) is 5.12. The molecule has 2 aromatic heterocycles. The number of aromatic nitrogens is 3. The van der Waals surface area contributed by atoms with Crippen molar-refractivity contribution in [2.75, 3.05) is 44.3 Å². The summed E-state index contributed by atoms with van der Waals surface area (Å²) in [5.74, 6) is 0. The van der Waals surface area contributed by atoms with Crippen LogP contribution >= 0.6 is 11.6 Å². The number of aliphatic hydroxyl groups excluding tert-OH is 1. The van der Waals surface area contributed by atoms with E-state index in [1.807, 2.05) is 6.07 Å². The number of aromatic amines is 1. The highest BCUT2D eigenvalue weighted by Gasteiger charge is 2.48. The third-order valence-corrected chi connectivity index (χ3v) is 8.16. The topological polar surface area (TPSA) is 105 Å². The second-order valence-electron chi connectivity index (χ2n) is 10.2. The zero-order valence-corrected chi connectivity index (χ0v) is 20.0. The molecule has 2 unspecified atom stereocenters. The molecule has 4 atom stereocenters. The lowest BCUT2D eigenvalue weighted by Crippen LogP contribution is -2.60. The van der Waals surface area contributed by atoms with Crippen LogP contribution in [0.25, 0.3) is 22.4 Å². The molecule has 4 aliphatic heterocycles. The van der Waals surface area contributed by atoms with Crippen molar-refractivity contribution in [1.82, 2.24) is 20.3 Å². The molecule has 184 valence electrons. The van der Waals surface area contributed by atoms with Crippen molar-refractivity contribution in [2.24, 2.45) is 5.41 Å². The number of halogens is 1. The first kappa shape index (κ1) is 21.8. The zero-order valence-electron chi connectivity index (χ0n) is 19.2. The molecule has 0 radical (unpaired) electrons. The van der Waals surface area contributed by atoms with Gasteiger partial charge in [-0.2, -0.15) is 4.98 Å². The van der Waals surface area contributed by atoms with E-state index in [-0.39, 0.29) is 24.9 Å². The van der Waals surface area contributed by atoms with Gasteiger partial charge in [-0.25, -0.2) is 4.98 Å². The van der Waals surface area contributed by atoms with Crippen LogP contribution in [0, 0.1) is 5.41 Å². The molecule has 4 aliphatic rings. The van der Waals surface area contributed by atoms with Gasteiger partial charge < -0.3 is 34.5 Å². The Kier molecular flexibility index (Phi) is 5.18. The molecule has 10 heteroatoms. The van der Waals surface area contributed by atoms with E-state index >= 15 is 0 Å². The van der Waals surface area contributed by atoms with Gasteiger partial charge >= 0.3 is 0 Å².